The van der Waals surface area contributed by atoms with E-state index in [1.165, 1.54) is 0 Å². The van der Waals surface area contributed by atoms with Gasteiger partial charge in [0, 0.05) is 25.8 Å². The first-order chi connectivity index (χ1) is 11.6. The van der Waals surface area contributed by atoms with Gasteiger partial charge in [-0.25, -0.2) is 4.79 Å². The van der Waals surface area contributed by atoms with E-state index in [4.69, 9.17) is 15.2 Å². The summed E-state index contributed by atoms with van der Waals surface area (Å²) in [5.74, 6) is 1.26. The van der Waals surface area contributed by atoms with Crippen molar-refractivity contribution in [2.45, 2.75) is 33.3 Å². The van der Waals surface area contributed by atoms with Crippen molar-refractivity contribution in [3.63, 3.8) is 0 Å². The standard InChI is InChI=1S/C18H30N4O3.HI/c1-13(12-22(5)17(23)25-18(2,3)4)11-20-16(19)21-14-7-9-15(24-6)10-8-14;/h7-10,13H,11-12H2,1-6H3,(H3,19,20,21);1H. The molecular formula is C18H31IN4O3. The number of guanidine groups is 1. The van der Waals surface area contributed by atoms with Crippen molar-refractivity contribution in [3.8, 4) is 5.75 Å². The van der Waals surface area contributed by atoms with Crippen LogP contribution in [0.3, 0.4) is 0 Å². The van der Waals surface area contributed by atoms with Crippen molar-refractivity contribution >= 4 is 41.7 Å². The third kappa shape index (κ3) is 9.69. The van der Waals surface area contributed by atoms with Gasteiger partial charge < -0.3 is 25.4 Å². The molecule has 0 aliphatic carbocycles. The highest BCUT2D eigenvalue weighted by molar-refractivity contribution is 14.0. The number of carbonyl (C=O) groups excluding carboxylic acids is 1. The Morgan fingerprint density at radius 3 is 2.38 bits per heavy atom. The van der Waals surface area contributed by atoms with E-state index in [0.717, 1.165) is 11.4 Å². The zero-order valence-corrected chi connectivity index (χ0v) is 18.7. The summed E-state index contributed by atoms with van der Waals surface area (Å²) in [6, 6.07) is 7.41. The van der Waals surface area contributed by atoms with Gasteiger partial charge >= 0.3 is 6.09 Å². The summed E-state index contributed by atoms with van der Waals surface area (Å²) in [5.41, 5.74) is 6.23. The molecule has 26 heavy (non-hydrogen) atoms. The van der Waals surface area contributed by atoms with Crippen molar-refractivity contribution < 1.29 is 14.3 Å². The van der Waals surface area contributed by atoms with Crippen molar-refractivity contribution in [2.75, 3.05) is 32.6 Å². The Kier molecular flexibility index (Phi) is 10.4. The molecule has 0 saturated heterocycles. The number of amides is 1. The van der Waals surface area contributed by atoms with Gasteiger partial charge in [-0.1, -0.05) is 6.92 Å². The van der Waals surface area contributed by atoms with Crippen molar-refractivity contribution in [1.29, 1.82) is 0 Å². The average molecular weight is 478 g/mol. The molecule has 0 radical (unpaired) electrons. The summed E-state index contributed by atoms with van der Waals surface area (Å²) in [4.78, 5) is 17.8. The Labute approximate surface area is 173 Å². The summed E-state index contributed by atoms with van der Waals surface area (Å²) >= 11 is 0. The molecule has 0 bridgehead atoms. The summed E-state index contributed by atoms with van der Waals surface area (Å²) < 4.78 is 10.4. The first-order valence-electron chi connectivity index (χ1n) is 8.26. The second-order valence-corrected chi connectivity index (χ2v) is 7.05. The predicted octanol–water partition coefficient (Wildman–Crippen LogP) is 3.54. The number of nitrogens with two attached hydrogens (primary N) is 1. The Morgan fingerprint density at radius 2 is 1.88 bits per heavy atom. The van der Waals surface area contributed by atoms with Gasteiger partial charge in [0.1, 0.15) is 11.4 Å². The summed E-state index contributed by atoms with van der Waals surface area (Å²) in [5, 5.41) is 3.02. The van der Waals surface area contributed by atoms with Gasteiger partial charge in [-0.3, -0.25) is 4.99 Å². The van der Waals surface area contributed by atoms with Gasteiger partial charge in [-0.15, -0.1) is 24.0 Å². The number of nitrogens with one attached hydrogen (secondary N) is 1. The quantitative estimate of drug-likeness (QED) is 0.371. The van der Waals surface area contributed by atoms with Crippen LogP contribution in [0.25, 0.3) is 0 Å². The number of hydrogen-bond donors (Lipinski definition) is 2. The van der Waals surface area contributed by atoms with Crippen LogP contribution in [0.5, 0.6) is 5.75 Å². The molecule has 7 nitrogen and oxygen atoms in total. The third-order valence-corrected chi connectivity index (χ3v) is 3.23. The van der Waals surface area contributed by atoms with Gasteiger partial charge in [0.2, 0.25) is 0 Å². The molecule has 0 aliphatic heterocycles. The second kappa shape index (κ2) is 11.1. The highest BCUT2D eigenvalue weighted by atomic mass is 127. The first-order valence-corrected chi connectivity index (χ1v) is 8.26. The smallest absolute Gasteiger partial charge is 0.410 e. The van der Waals surface area contributed by atoms with Gasteiger partial charge in [0.05, 0.1) is 7.11 Å². The maximum absolute atomic E-state index is 11.9. The van der Waals surface area contributed by atoms with Crippen molar-refractivity contribution in [2.24, 2.45) is 16.6 Å². The van der Waals surface area contributed by atoms with Crippen molar-refractivity contribution in [3.05, 3.63) is 24.3 Å². The van der Waals surface area contributed by atoms with Gasteiger partial charge in [-0.05, 0) is 51.0 Å². The Morgan fingerprint density at radius 1 is 1.31 bits per heavy atom. The third-order valence-electron chi connectivity index (χ3n) is 3.23. The molecule has 0 aromatic heterocycles. The van der Waals surface area contributed by atoms with E-state index in [1.54, 1.807) is 19.1 Å². The lowest BCUT2D eigenvalue weighted by molar-refractivity contribution is 0.0279. The van der Waals surface area contributed by atoms with Gasteiger partial charge in [0.15, 0.2) is 5.96 Å². The first kappa shape index (κ1) is 24.3. The Hall–Kier alpha value is -1.71. The van der Waals surface area contributed by atoms with Gasteiger partial charge in [-0.2, -0.15) is 0 Å². The van der Waals surface area contributed by atoms with Crippen LogP contribution < -0.4 is 15.8 Å². The van der Waals surface area contributed by atoms with Gasteiger partial charge in [0.25, 0.3) is 0 Å². The predicted molar refractivity (Wildman–Crippen MR) is 117 cm³/mol. The lowest BCUT2D eigenvalue weighted by atomic mass is 10.2. The number of carbonyl (C=O) groups is 1. The molecule has 8 heteroatoms. The van der Waals surface area contributed by atoms with Crippen LogP contribution in [0, 0.1) is 5.92 Å². The maximum Gasteiger partial charge on any atom is 0.410 e. The minimum Gasteiger partial charge on any atom is -0.497 e. The summed E-state index contributed by atoms with van der Waals surface area (Å²) in [6.45, 7) is 8.58. The molecular weight excluding hydrogens is 447 g/mol. The topological polar surface area (TPSA) is 89.2 Å². The summed E-state index contributed by atoms with van der Waals surface area (Å²) in [6.07, 6.45) is -0.340. The normalized spacial score (nSPS) is 12.6. The van der Waals surface area contributed by atoms with Crippen LogP contribution in [0.15, 0.2) is 29.3 Å². The molecule has 1 aromatic rings. The lowest BCUT2D eigenvalue weighted by Gasteiger charge is -2.26. The van der Waals surface area contributed by atoms with Crippen LogP contribution in [0.1, 0.15) is 27.7 Å². The monoisotopic (exact) mass is 478 g/mol. The van der Waals surface area contributed by atoms with E-state index in [-0.39, 0.29) is 36.0 Å². The fourth-order valence-corrected chi connectivity index (χ4v) is 2.06. The number of ether oxygens (including phenoxy) is 2. The molecule has 1 amide bonds. The number of methoxy groups -OCH3 is 1. The number of aliphatic imine (C=N–C) groups is 1. The molecule has 0 heterocycles. The fraction of sp³-hybridized carbons (Fsp3) is 0.556. The molecule has 0 spiro atoms. The lowest BCUT2D eigenvalue weighted by Crippen LogP contribution is -2.37. The molecule has 1 rings (SSSR count). The average Bonchev–Trinajstić information content (AvgIpc) is 2.52. The van der Waals surface area contributed by atoms with E-state index < -0.39 is 5.60 Å². The molecule has 0 aliphatic rings. The van der Waals surface area contributed by atoms with Crippen LogP contribution in [-0.4, -0.2) is 49.8 Å². The molecule has 3 N–H and O–H groups in total. The van der Waals surface area contributed by atoms with Crippen LogP contribution >= 0.6 is 24.0 Å². The number of anilines is 1. The van der Waals surface area contributed by atoms with Crippen LogP contribution in [-0.2, 0) is 4.74 Å². The molecule has 1 aromatic carbocycles. The number of benzene rings is 1. The number of hydrogen-bond acceptors (Lipinski definition) is 4. The van der Waals surface area contributed by atoms with Crippen LogP contribution in [0.2, 0.25) is 0 Å². The Balaban J connectivity index is 0.00000625. The molecule has 1 unspecified atom stereocenters. The second-order valence-electron chi connectivity index (χ2n) is 7.05. The maximum atomic E-state index is 11.9. The minimum atomic E-state index is -0.501. The minimum absolute atomic E-state index is 0. The molecule has 0 fully saturated rings. The van der Waals surface area contributed by atoms with Crippen molar-refractivity contribution in [1.82, 2.24) is 4.90 Å². The highest BCUT2D eigenvalue weighted by Crippen LogP contribution is 2.14. The summed E-state index contributed by atoms with van der Waals surface area (Å²) in [7, 11) is 3.33. The van der Waals surface area contributed by atoms with E-state index >= 15 is 0 Å². The zero-order chi connectivity index (χ0) is 19.0. The fourth-order valence-electron chi connectivity index (χ4n) is 2.06. The zero-order valence-electron chi connectivity index (χ0n) is 16.4. The molecule has 0 saturated carbocycles. The highest BCUT2D eigenvalue weighted by Gasteiger charge is 2.20. The van der Waals surface area contributed by atoms with E-state index in [9.17, 15) is 4.79 Å². The van der Waals surface area contributed by atoms with Crippen LogP contribution in [0.4, 0.5) is 10.5 Å². The largest absolute Gasteiger partial charge is 0.497 e. The number of halogens is 1. The van der Waals surface area contributed by atoms with E-state index in [1.807, 2.05) is 52.0 Å². The van der Waals surface area contributed by atoms with E-state index in [0.29, 0.717) is 19.0 Å². The number of rotatable bonds is 6. The number of nitrogens with zero attached hydrogens (tertiary/aromatic N) is 2. The SMILES string of the molecule is COc1ccc(NC(N)=NCC(C)CN(C)C(=O)OC(C)(C)C)cc1.I. The molecule has 148 valence electrons. The molecule has 1 atom stereocenters. The Bertz CT molecular complexity index is 585. The van der Waals surface area contributed by atoms with E-state index in [2.05, 4.69) is 10.3 Å².